The van der Waals surface area contributed by atoms with Gasteiger partial charge in [0, 0.05) is 11.5 Å². The van der Waals surface area contributed by atoms with Gasteiger partial charge >= 0.3 is 0 Å². The van der Waals surface area contributed by atoms with E-state index in [-0.39, 0.29) is 0 Å². The van der Waals surface area contributed by atoms with Crippen molar-refractivity contribution in [2.75, 3.05) is 0 Å². The number of fused-ring (bicyclic) bond motifs is 2. The summed E-state index contributed by atoms with van der Waals surface area (Å²) in [7, 11) is 0. The topological polar surface area (TPSA) is 0 Å². The molecule has 0 aliphatic rings. The normalized spacial score (nSPS) is 11.1. The van der Waals surface area contributed by atoms with Gasteiger partial charge in [-0.2, -0.15) is 0 Å². The lowest BCUT2D eigenvalue weighted by Crippen LogP contribution is -1.78. The molecule has 0 aliphatic carbocycles. The van der Waals surface area contributed by atoms with E-state index in [1.54, 1.807) is 0 Å². The highest BCUT2D eigenvalue weighted by molar-refractivity contribution is 6.45. The third-order valence-corrected chi connectivity index (χ3v) is 3.42. The van der Waals surface area contributed by atoms with Gasteiger partial charge in [0.1, 0.15) is 0 Å². The SMILES string of the molecule is Clc1[c]cc2cc3cc[c]cc3cc2c1Cl. The predicted octanol–water partition coefficient (Wildman–Crippen LogP) is 4.90. The summed E-state index contributed by atoms with van der Waals surface area (Å²) < 4.78 is 0. The van der Waals surface area contributed by atoms with Crippen LogP contribution < -0.4 is 0 Å². The number of rotatable bonds is 0. The Balaban J connectivity index is 2.51. The molecule has 0 N–H and O–H groups in total. The van der Waals surface area contributed by atoms with Crippen molar-refractivity contribution in [3.05, 3.63) is 58.6 Å². The Bertz CT molecular complexity index is 687. The first kappa shape index (κ1) is 9.95. The minimum atomic E-state index is 0.466. The Morgan fingerprint density at radius 2 is 1.81 bits per heavy atom. The average molecular weight is 245 g/mol. The molecular formula is C14H6Cl2. The van der Waals surface area contributed by atoms with Crippen molar-refractivity contribution in [3.63, 3.8) is 0 Å². The lowest BCUT2D eigenvalue weighted by Gasteiger charge is -2.04. The molecular weight excluding hydrogens is 239 g/mol. The van der Waals surface area contributed by atoms with E-state index >= 15 is 0 Å². The van der Waals surface area contributed by atoms with E-state index in [0.717, 1.165) is 21.5 Å². The Kier molecular flexibility index (Phi) is 2.27. The van der Waals surface area contributed by atoms with Crippen LogP contribution >= 0.6 is 23.2 Å². The smallest absolute Gasteiger partial charge is 0.0677 e. The molecule has 0 unspecified atom stereocenters. The van der Waals surface area contributed by atoms with Gasteiger partial charge in [0.15, 0.2) is 0 Å². The van der Waals surface area contributed by atoms with E-state index in [0.29, 0.717) is 10.0 Å². The standard InChI is InChI=1S/C14H6Cl2/c15-13-6-5-11-7-9-3-1-2-4-10(9)8-12(11)14(13)16/h1,3-5,7-8H. The maximum Gasteiger partial charge on any atom is 0.0677 e. The van der Waals surface area contributed by atoms with Gasteiger partial charge < -0.3 is 0 Å². The van der Waals surface area contributed by atoms with Crippen LogP contribution in [0.4, 0.5) is 0 Å². The summed E-state index contributed by atoms with van der Waals surface area (Å²) in [6.45, 7) is 0. The molecule has 0 nitrogen and oxygen atoms in total. The highest BCUT2D eigenvalue weighted by atomic mass is 35.5. The van der Waals surface area contributed by atoms with Gasteiger partial charge in [-0.1, -0.05) is 35.3 Å². The molecule has 76 valence electrons. The van der Waals surface area contributed by atoms with Gasteiger partial charge in [0.25, 0.3) is 0 Å². The molecule has 0 saturated heterocycles. The average Bonchev–Trinajstić information content (AvgIpc) is 2.32. The second kappa shape index (κ2) is 3.65. The molecule has 0 atom stereocenters. The fraction of sp³-hybridized carbons (Fsp3) is 0. The molecule has 16 heavy (non-hydrogen) atoms. The van der Waals surface area contributed by atoms with E-state index in [9.17, 15) is 0 Å². The van der Waals surface area contributed by atoms with Crippen molar-refractivity contribution in [1.82, 2.24) is 0 Å². The lowest BCUT2D eigenvalue weighted by atomic mass is 10.0. The quantitative estimate of drug-likeness (QED) is 0.494. The van der Waals surface area contributed by atoms with Crippen LogP contribution in [-0.2, 0) is 0 Å². The summed E-state index contributed by atoms with van der Waals surface area (Å²) in [5.41, 5.74) is 0. The number of hydrogen-bond donors (Lipinski definition) is 0. The van der Waals surface area contributed by atoms with Crippen LogP contribution in [-0.4, -0.2) is 0 Å². The van der Waals surface area contributed by atoms with Crippen molar-refractivity contribution < 1.29 is 0 Å². The molecule has 0 aromatic heterocycles. The molecule has 0 fully saturated rings. The minimum Gasteiger partial charge on any atom is -0.0820 e. The van der Waals surface area contributed by atoms with Crippen LogP contribution in [0.3, 0.4) is 0 Å². The first-order chi connectivity index (χ1) is 7.75. The molecule has 2 radical (unpaired) electrons. The Morgan fingerprint density at radius 1 is 0.938 bits per heavy atom. The molecule has 0 aliphatic heterocycles. The van der Waals surface area contributed by atoms with Crippen molar-refractivity contribution in [3.8, 4) is 0 Å². The van der Waals surface area contributed by atoms with Gasteiger partial charge in [-0.3, -0.25) is 0 Å². The van der Waals surface area contributed by atoms with Crippen molar-refractivity contribution in [2.45, 2.75) is 0 Å². The molecule has 3 aromatic carbocycles. The van der Waals surface area contributed by atoms with Crippen molar-refractivity contribution in [2.24, 2.45) is 0 Å². The third-order valence-electron chi connectivity index (χ3n) is 2.64. The maximum atomic E-state index is 6.15. The molecule has 0 saturated carbocycles. The monoisotopic (exact) mass is 244 g/mol. The molecule has 0 heterocycles. The zero-order valence-electron chi connectivity index (χ0n) is 8.22. The van der Waals surface area contributed by atoms with Crippen molar-refractivity contribution >= 4 is 44.7 Å². The summed E-state index contributed by atoms with van der Waals surface area (Å²) in [4.78, 5) is 0. The number of hydrogen-bond acceptors (Lipinski definition) is 0. The molecule has 2 heteroatoms. The zero-order chi connectivity index (χ0) is 11.1. The summed E-state index contributed by atoms with van der Waals surface area (Å²) >= 11 is 12.1. The van der Waals surface area contributed by atoms with Gasteiger partial charge in [-0.05, 0) is 46.5 Å². The van der Waals surface area contributed by atoms with Gasteiger partial charge in [-0.15, -0.1) is 0 Å². The van der Waals surface area contributed by atoms with Crippen LogP contribution in [0, 0.1) is 12.1 Å². The summed E-state index contributed by atoms with van der Waals surface area (Å²) in [6, 6.07) is 17.8. The minimum absolute atomic E-state index is 0.466. The molecule has 0 amide bonds. The van der Waals surface area contributed by atoms with E-state index < -0.39 is 0 Å². The molecule has 0 bridgehead atoms. The maximum absolute atomic E-state index is 6.15. The third kappa shape index (κ3) is 1.46. The number of halogens is 2. The van der Waals surface area contributed by atoms with Crippen LogP contribution in [0.1, 0.15) is 0 Å². The molecule has 3 aromatic rings. The number of benzene rings is 3. The Labute approximate surface area is 103 Å². The van der Waals surface area contributed by atoms with Crippen molar-refractivity contribution in [1.29, 1.82) is 0 Å². The zero-order valence-corrected chi connectivity index (χ0v) is 9.73. The first-order valence-electron chi connectivity index (χ1n) is 4.85. The predicted molar refractivity (Wildman–Crippen MR) is 69.1 cm³/mol. The molecule has 3 rings (SSSR count). The van der Waals surface area contributed by atoms with Gasteiger partial charge in [-0.25, -0.2) is 0 Å². The van der Waals surface area contributed by atoms with Crippen LogP contribution in [0.5, 0.6) is 0 Å². The highest BCUT2D eigenvalue weighted by Crippen LogP contribution is 2.32. The fourth-order valence-corrected chi connectivity index (χ4v) is 2.20. The van der Waals surface area contributed by atoms with Crippen LogP contribution in [0.25, 0.3) is 21.5 Å². The van der Waals surface area contributed by atoms with Gasteiger partial charge in [0.05, 0.1) is 10.0 Å². The van der Waals surface area contributed by atoms with E-state index in [1.807, 2.05) is 30.3 Å². The fourth-order valence-electron chi connectivity index (χ4n) is 1.83. The summed E-state index contributed by atoms with van der Waals surface area (Å²) in [5.74, 6) is 0. The first-order valence-corrected chi connectivity index (χ1v) is 5.60. The van der Waals surface area contributed by atoms with E-state index in [4.69, 9.17) is 23.2 Å². The van der Waals surface area contributed by atoms with E-state index in [1.165, 1.54) is 0 Å². The summed E-state index contributed by atoms with van der Waals surface area (Å²) in [6.07, 6.45) is 0. The van der Waals surface area contributed by atoms with Gasteiger partial charge in [0.2, 0.25) is 0 Å². The second-order valence-electron chi connectivity index (χ2n) is 3.63. The Hall–Kier alpha value is -1.24. The second-order valence-corrected chi connectivity index (χ2v) is 4.39. The molecule has 0 spiro atoms. The van der Waals surface area contributed by atoms with Crippen LogP contribution in [0.15, 0.2) is 36.4 Å². The Morgan fingerprint density at radius 3 is 2.69 bits per heavy atom. The summed E-state index contributed by atoms with van der Waals surface area (Å²) in [5, 5.41) is 5.31. The highest BCUT2D eigenvalue weighted by Gasteiger charge is 2.05. The largest absolute Gasteiger partial charge is 0.0820 e. The van der Waals surface area contributed by atoms with E-state index in [2.05, 4.69) is 18.2 Å². The lowest BCUT2D eigenvalue weighted by molar-refractivity contribution is 1.74. The van der Waals surface area contributed by atoms with Crippen LogP contribution in [0.2, 0.25) is 10.0 Å².